The first-order valence-electron chi connectivity index (χ1n) is 0.933. The molecule has 0 unspecified atom stereocenters. The van der Waals surface area contributed by atoms with Crippen LogP contribution in [0.2, 0.25) is 0 Å². The Morgan fingerprint density at radius 3 is 2.25 bits per heavy atom. The summed E-state index contributed by atoms with van der Waals surface area (Å²) in [6.07, 6.45) is 0.690. The minimum atomic E-state index is 0.222. The predicted molar refractivity (Wildman–Crippen MR) is 18.5 cm³/mol. The highest BCUT2D eigenvalue weighted by molar-refractivity contribution is 7.80. The molecule has 23 valence electrons. The van der Waals surface area contributed by atoms with E-state index in [1.54, 1.807) is 0 Å². The number of rotatable bonds is 1. The molecule has 0 aliphatic heterocycles. The van der Waals surface area contributed by atoms with Gasteiger partial charge in [0.2, 0.25) is 0 Å². The molecule has 1 nitrogen and oxygen atoms in total. The highest BCUT2D eigenvalue weighted by atomic mass is 32.1. The Balaban J connectivity index is 2.30. The van der Waals surface area contributed by atoms with Gasteiger partial charge in [0.05, 0.1) is 5.75 Å². The third-order valence-corrected chi connectivity index (χ3v) is 0.204. The van der Waals surface area contributed by atoms with Crippen LogP contribution in [0.4, 0.5) is 0 Å². The maximum absolute atomic E-state index is 9.07. The van der Waals surface area contributed by atoms with E-state index in [1.165, 1.54) is 0 Å². The van der Waals surface area contributed by atoms with E-state index < -0.39 is 0 Å². The summed E-state index contributed by atoms with van der Waals surface area (Å²) in [5.41, 5.74) is 0. The Hall–Kier alpha value is 0.0200. The van der Waals surface area contributed by atoms with Crippen LogP contribution in [0.5, 0.6) is 0 Å². The summed E-state index contributed by atoms with van der Waals surface area (Å²) in [6.45, 7) is 0. The Morgan fingerprint density at radius 1 is 2.00 bits per heavy atom. The standard InChI is InChI=1S/C2H3OS/c3-1-2-4/h1H,2H2. The third-order valence-electron chi connectivity index (χ3n) is 0.0680. The van der Waals surface area contributed by atoms with Crippen molar-refractivity contribution >= 4 is 18.9 Å². The van der Waals surface area contributed by atoms with Gasteiger partial charge < -0.3 is 4.79 Å². The molecule has 2 heteroatoms. The highest BCUT2D eigenvalue weighted by Crippen LogP contribution is 1.55. The normalized spacial score (nSPS) is 6.25. The molecule has 0 rings (SSSR count). The van der Waals surface area contributed by atoms with Crippen molar-refractivity contribution in [1.82, 2.24) is 0 Å². The van der Waals surface area contributed by atoms with Gasteiger partial charge in [-0.3, -0.25) is 0 Å². The lowest BCUT2D eigenvalue weighted by Gasteiger charge is -1.49. The van der Waals surface area contributed by atoms with E-state index in [4.69, 9.17) is 4.79 Å². The Bertz CT molecular complexity index is 20.0. The van der Waals surface area contributed by atoms with Gasteiger partial charge in [-0.2, -0.15) is 0 Å². The molecule has 0 heterocycles. The lowest BCUT2D eigenvalue weighted by atomic mass is 10.9. The van der Waals surface area contributed by atoms with Crippen LogP contribution >= 0.6 is 12.6 Å². The van der Waals surface area contributed by atoms with Crippen LogP contribution in [0.1, 0.15) is 0 Å². The molecule has 0 aromatic rings. The van der Waals surface area contributed by atoms with Gasteiger partial charge >= 0.3 is 0 Å². The molecule has 0 saturated heterocycles. The SMILES string of the molecule is O=CC[S]. The van der Waals surface area contributed by atoms with E-state index in [-0.39, 0.29) is 5.75 Å². The fraction of sp³-hybridized carbons (Fsp3) is 0.500. The zero-order chi connectivity index (χ0) is 3.41. The molecule has 0 atom stereocenters. The maximum Gasteiger partial charge on any atom is 0.130 e. The largest absolute Gasteiger partial charge is 0.302 e. The maximum atomic E-state index is 9.07. The quantitative estimate of drug-likeness (QED) is 0.412. The second kappa shape index (κ2) is 3.02. The fourth-order valence-electron chi connectivity index (χ4n) is 0. The number of hydrogen-bond acceptors (Lipinski definition) is 1. The predicted octanol–water partition coefficient (Wildman–Crippen LogP) is 0.383. The summed E-state index contributed by atoms with van der Waals surface area (Å²) in [5, 5.41) is 0. The minimum Gasteiger partial charge on any atom is -0.302 e. The van der Waals surface area contributed by atoms with Crippen molar-refractivity contribution in [3.8, 4) is 0 Å². The molecular weight excluding hydrogens is 72.1 g/mol. The highest BCUT2D eigenvalue weighted by Gasteiger charge is 1.55. The Labute approximate surface area is 30.4 Å². The van der Waals surface area contributed by atoms with Crippen molar-refractivity contribution in [3.05, 3.63) is 0 Å². The molecule has 0 aromatic heterocycles. The van der Waals surface area contributed by atoms with E-state index >= 15 is 0 Å². The number of hydrogen-bond donors (Lipinski definition) is 0. The summed E-state index contributed by atoms with van der Waals surface area (Å²) in [4.78, 5) is 9.07. The van der Waals surface area contributed by atoms with Gasteiger partial charge in [-0.1, -0.05) is 12.6 Å². The average molecular weight is 75.1 g/mol. The minimum absolute atomic E-state index is 0.222. The fourth-order valence-corrected chi connectivity index (χ4v) is 0. The Kier molecular flexibility index (Phi) is 3.04. The molecule has 0 N–H and O–H groups in total. The van der Waals surface area contributed by atoms with Gasteiger partial charge in [0, 0.05) is 0 Å². The van der Waals surface area contributed by atoms with Crippen LogP contribution < -0.4 is 0 Å². The first kappa shape index (κ1) is 4.02. The van der Waals surface area contributed by atoms with Crippen molar-refractivity contribution in [2.75, 3.05) is 5.75 Å². The van der Waals surface area contributed by atoms with Crippen LogP contribution in [0.25, 0.3) is 0 Å². The van der Waals surface area contributed by atoms with Crippen molar-refractivity contribution in [2.45, 2.75) is 0 Å². The molecule has 0 aliphatic rings. The van der Waals surface area contributed by atoms with Gasteiger partial charge in [0.25, 0.3) is 0 Å². The molecule has 0 bridgehead atoms. The summed E-state index contributed by atoms with van der Waals surface area (Å²) in [7, 11) is 0. The summed E-state index contributed by atoms with van der Waals surface area (Å²) < 4.78 is 0. The first-order valence-corrected chi connectivity index (χ1v) is 1.51. The average Bonchev–Trinajstić information content (AvgIpc) is 1.37. The van der Waals surface area contributed by atoms with Crippen molar-refractivity contribution in [1.29, 1.82) is 0 Å². The zero-order valence-electron chi connectivity index (χ0n) is 2.10. The van der Waals surface area contributed by atoms with Crippen LogP contribution in [-0.4, -0.2) is 12.0 Å². The van der Waals surface area contributed by atoms with Crippen molar-refractivity contribution < 1.29 is 4.79 Å². The second-order valence-corrected chi connectivity index (χ2v) is 0.667. The molecule has 1 radical (unpaired) electrons. The lowest BCUT2D eigenvalue weighted by Crippen LogP contribution is -1.63. The van der Waals surface area contributed by atoms with Gasteiger partial charge in [0.1, 0.15) is 6.29 Å². The molecule has 4 heavy (non-hydrogen) atoms. The monoisotopic (exact) mass is 75.0 g/mol. The molecule has 0 saturated carbocycles. The molecule has 0 aliphatic carbocycles. The van der Waals surface area contributed by atoms with Crippen molar-refractivity contribution in [3.63, 3.8) is 0 Å². The van der Waals surface area contributed by atoms with Gasteiger partial charge in [-0.25, -0.2) is 0 Å². The molecule has 0 amide bonds. The molecule has 0 spiro atoms. The van der Waals surface area contributed by atoms with E-state index in [0.29, 0.717) is 6.29 Å². The van der Waals surface area contributed by atoms with Crippen LogP contribution in [0.3, 0.4) is 0 Å². The van der Waals surface area contributed by atoms with Gasteiger partial charge in [-0.05, 0) is 0 Å². The smallest absolute Gasteiger partial charge is 0.130 e. The van der Waals surface area contributed by atoms with E-state index in [2.05, 4.69) is 12.6 Å². The van der Waals surface area contributed by atoms with Crippen LogP contribution in [0, 0.1) is 0 Å². The van der Waals surface area contributed by atoms with Crippen LogP contribution in [-0.2, 0) is 4.79 Å². The van der Waals surface area contributed by atoms with E-state index in [9.17, 15) is 0 Å². The first-order chi connectivity index (χ1) is 1.91. The molecule has 0 fully saturated rings. The second-order valence-electron chi connectivity index (χ2n) is 0.333. The molecule has 0 aromatic carbocycles. The Morgan fingerprint density at radius 2 is 2.25 bits per heavy atom. The molecular formula is C2H3OS. The van der Waals surface area contributed by atoms with E-state index in [0.717, 1.165) is 0 Å². The summed E-state index contributed by atoms with van der Waals surface area (Å²) in [5.74, 6) is 0.222. The zero-order valence-corrected chi connectivity index (χ0v) is 2.92. The van der Waals surface area contributed by atoms with Crippen LogP contribution in [0.15, 0.2) is 0 Å². The van der Waals surface area contributed by atoms with Crippen molar-refractivity contribution in [2.24, 2.45) is 0 Å². The van der Waals surface area contributed by atoms with E-state index in [1.807, 2.05) is 0 Å². The lowest BCUT2D eigenvalue weighted by molar-refractivity contribution is -0.105. The third kappa shape index (κ3) is 2.02. The van der Waals surface area contributed by atoms with Gasteiger partial charge in [0.15, 0.2) is 0 Å². The topological polar surface area (TPSA) is 17.1 Å². The number of carbonyl (C=O) groups is 1. The summed E-state index contributed by atoms with van der Waals surface area (Å²) >= 11 is 4.19. The summed E-state index contributed by atoms with van der Waals surface area (Å²) in [6, 6.07) is 0. The number of carbonyl (C=O) groups excluding carboxylic acids is 1. The van der Waals surface area contributed by atoms with Gasteiger partial charge in [-0.15, -0.1) is 0 Å². The number of aldehydes is 1.